The number of hydrogen-bond acceptors (Lipinski definition) is 0. The molecule has 0 saturated carbocycles. The van der Waals surface area contributed by atoms with E-state index in [0.717, 1.165) is 0 Å². The number of hydrogen-bond donors (Lipinski definition) is 0. The van der Waals surface area contributed by atoms with Gasteiger partial charge in [0.15, 0.2) is 0 Å². The van der Waals surface area contributed by atoms with Gasteiger partial charge < -0.3 is 4.48 Å². The highest BCUT2D eigenvalue weighted by atomic mass is 15.5. The zero-order valence-electron chi connectivity index (χ0n) is 20.1. The molecule has 0 atom stereocenters. The highest BCUT2D eigenvalue weighted by Gasteiger charge is 2.69. The minimum Gasteiger partial charge on any atom is -0.305 e. The summed E-state index contributed by atoms with van der Waals surface area (Å²) >= 11 is 0. The fourth-order valence-electron chi connectivity index (χ4n) is 6.81. The maximum atomic E-state index is 2.61. The van der Waals surface area contributed by atoms with E-state index < -0.39 is 0 Å². The molecule has 0 aromatic carbocycles. The van der Waals surface area contributed by atoms with Crippen LogP contribution in [-0.2, 0) is 0 Å². The first-order chi connectivity index (χ1) is 11.5. The summed E-state index contributed by atoms with van der Waals surface area (Å²) in [5, 5.41) is 0. The lowest BCUT2D eigenvalue weighted by molar-refractivity contribution is -1.10. The van der Waals surface area contributed by atoms with E-state index in [2.05, 4.69) is 83.1 Å². The normalized spacial score (nSPS) is 14.9. The predicted molar refractivity (Wildman–Crippen MR) is 116 cm³/mol. The van der Waals surface area contributed by atoms with Crippen LogP contribution in [0.1, 0.15) is 134 Å². The van der Waals surface area contributed by atoms with Gasteiger partial charge in [0.25, 0.3) is 0 Å². The van der Waals surface area contributed by atoms with E-state index in [0.29, 0.717) is 22.2 Å². The first kappa shape index (κ1) is 25.0. The molecule has 0 aliphatic carbocycles. The van der Waals surface area contributed by atoms with E-state index in [1.165, 1.54) is 55.8 Å². The van der Waals surface area contributed by atoms with Crippen LogP contribution in [-0.4, -0.2) is 26.6 Å². The molecule has 1 nitrogen and oxygen atoms in total. The summed E-state index contributed by atoms with van der Waals surface area (Å²) in [5.41, 5.74) is 1.18. The Morgan fingerprint density at radius 2 is 0.480 bits per heavy atom. The van der Waals surface area contributed by atoms with E-state index in [-0.39, 0.29) is 0 Å². The Morgan fingerprint density at radius 1 is 0.360 bits per heavy atom. The van der Waals surface area contributed by atoms with Crippen molar-refractivity contribution in [3.05, 3.63) is 0 Å². The Hall–Kier alpha value is -0.0400. The first-order valence-corrected chi connectivity index (χ1v) is 11.4. The molecule has 0 amide bonds. The molecule has 0 heterocycles. The lowest BCUT2D eigenvalue weighted by Crippen LogP contribution is -2.86. The topological polar surface area (TPSA) is 0 Å². The van der Waals surface area contributed by atoms with Crippen molar-refractivity contribution in [2.24, 2.45) is 0 Å². The van der Waals surface area contributed by atoms with E-state index in [4.69, 9.17) is 0 Å². The van der Waals surface area contributed by atoms with Crippen LogP contribution in [0.5, 0.6) is 0 Å². The van der Waals surface area contributed by atoms with E-state index in [9.17, 15) is 0 Å². The summed E-state index contributed by atoms with van der Waals surface area (Å²) in [6, 6.07) is 0. The third-order valence-electron chi connectivity index (χ3n) is 9.33. The minimum absolute atomic E-state index is 0.294. The summed E-state index contributed by atoms with van der Waals surface area (Å²) in [7, 11) is 0. The van der Waals surface area contributed by atoms with Gasteiger partial charge in [0.1, 0.15) is 0 Å². The highest BCUT2D eigenvalue weighted by Crippen LogP contribution is 2.59. The third kappa shape index (κ3) is 3.21. The number of quaternary nitrogens is 1. The Labute approximate surface area is 161 Å². The molecular formula is C24H52N+. The van der Waals surface area contributed by atoms with Gasteiger partial charge in [0.05, 0.1) is 22.2 Å². The smallest absolute Gasteiger partial charge is 0.0970 e. The second-order valence-corrected chi connectivity index (χ2v) is 9.49. The molecule has 152 valence electrons. The van der Waals surface area contributed by atoms with Crippen molar-refractivity contribution in [2.75, 3.05) is 0 Å². The molecule has 0 rings (SSSR count). The lowest BCUT2D eigenvalue weighted by Gasteiger charge is -2.75. The van der Waals surface area contributed by atoms with Gasteiger partial charge in [-0.2, -0.15) is 0 Å². The largest absolute Gasteiger partial charge is 0.305 e. The zero-order chi connectivity index (χ0) is 20.2. The van der Waals surface area contributed by atoms with Crippen LogP contribution in [0.2, 0.25) is 0 Å². The van der Waals surface area contributed by atoms with Crippen LogP contribution in [0, 0.1) is 0 Å². The van der Waals surface area contributed by atoms with Crippen LogP contribution in [0.3, 0.4) is 0 Å². The van der Waals surface area contributed by atoms with Crippen LogP contribution in [0.4, 0.5) is 0 Å². The molecular weight excluding hydrogens is 302 g/mol. The van der Waals surface area contributed by atoms with Gasteiger partial charge in [-0.05, 0) is 79.1 Å². The molecule has 0 aliphatic rings. The standard InChI is InChI=1S/C24H52N/c1-13-21(9,14-2)25(22(10,15-3)16-4,23(11,17-5)18-6)24(12,19-7)20-8/h13-20H2,1-12H3/q+1. The molecule has 0 fully saturated rings. The Bertz CT molecular complexity index is 301. The van der Waals surface area contributed by atoms with Crippen molar-refractivity contribution in [1.29, 1.82) is 0 Å². The summed E-state index contributed by atoms with van der Waals surface area (Å²) in [4.78, 5) is 0. The van der Waals surface area contributed by atoms with Gasteiger partial charge >= 0.3 is 0 Å². The van der Waals surface area contributed by atoms with Crippen molar-refractivity contribution in [3.8, 4) is 0 Å². The van der Waals surface area contributed by atoms with Gasteiger partial charge in [-0.15, -0.1) is 0 Å². The molecule has 0 aliphatic heterocycles. The maximum absolute atomic E-state index is 2.61. The third-order valence-corrected chi connectivity index (χ3v) is 9.33. The predicted octanol–water partition coefficient (Wildman–Crippen LogP) is 8.12. The molecule has 1 heteroatoms. The van der Waals surface area contributed by atoms with Crippen molar-refractivity contribution in [2.45, 2.75) is 157 Å². The molecule has 0 radical (unpaired) electrons. The summed E-state index contributed by atoms with van der Waals surface area (Å²) in [5.74, 6) is 0. The Morgan fingerprint density at radius 3 is 0.560 bits per heavy atom. The number of nitrogens with zero attached hydrogens (tertiary/aromatic N) is 1. The van der Waals surface area contributed by atoms with E-state index in [1.807, 2.05) is 0 Å². The van der Waals surface area contributed by atoms with E-state index >= 15 is 0 Å². The number of rotatable bonds is 12. The minimum atomic E-state index is 0.294. The van der Waals surface area contributed by atoms with Gasteiger partial charge in [0.2, 0.25) is 0 Å². The molecule has 0 unspecified atom stereocenters. The molecule has 25 heavy (non-hydrogen) atoms. The molecule has 0 aromatic heterocycles. The SMILES string of the molecule is CCC(C)(CC)[N+](C(C)(CC)CC)(C(C)(CC)CC)C(C)(CC)CC. The van der Waals surface area contributed by atoms with Gasteiger partial charge in [-0.3, -0.25) is 0 Å². The Balaban J connectivity index is 7.47. The summed E-state index contributed by atoms with van der Waals surface area (Å²) in [6.07, 6.45) is 10.0. The van der Waals surface area contributed by atoms with Crippen molar-refractivity contribution >= 4 is 0 Å². The second kappa shape index (κ2) is 8.77. The van der Waals surface area contributed by atoms with Crippen LogP contribution >= 0.6 is 0 Å². The molecule has 0 spiro atoms. The van der Waals surface area contributed by atoms with Gasteiger partial charge in [0, 0.05) is 0 Å². The molecule has 0 saturated heterocycles. The monoisotopic (exact) mass is 354 g/mol. The lowest BCUT2D eigenvalue weighted by atomic mass is 9.65. The van der Waals surface area contributed by atoms with E-state index in [1.54, 1.807) is 0 Å². The molecule has 0 bridgehead atoms. The zero-order valence-corrected chi connectivity index (χ0v) is 20.1. The summed E-state index contributed by atoms with van der Waals surface area (Å²) < 4.78 is 1.28. The second-order valence-electron chi connectivity index (χ2n) is 9.49. The molecule has 0 N–H and O–H groups in total. The first-order valence-electron chi connectivity index (χ1n) is 11.4. The van der Waals surface area contributed by atoms with Gasteiger partial charge in [-0.1, -0.05) is 55.4 Å². The maximum Gasteiger partial charge on any atom is 0.0970 e. The van der Waals surface area contributed by atoms with Crippen molar-refractivity contribution in [3.63, 3.8) is 0 Å². The summed E-state index contributed by atoms with van der Waals surface area (Å²) in [6.45, 7) is 30.0. The van der Waals surface area contributed by atoms with Gasteiger partial charge in [-0.25, -0.2) is 0 Å². The average molecular weight is 355 g/mol. The average Bonchev–Trinajstić information content (AvgIpc) is 2.66. The van der Waals surface area contributed by atoms with Crippen molar-refractivity contribution < 1.29 is 4.48 Å². The van der Waals surface area contributed by atoms with Crippen LogP contribution in [0.15, 0.2) is 0 Å². The Kier molecular flexibility index (Phi) is 8.75. The fourth-order valence-corrected chi connectivity index (χ4v) is 6.81. The van der Waals surface area contributed by atoms with Crippen molar-refractivity contribution in [1.82, 2.24) is 0 Å². The quantitative estimate of drug-likeness (QED) is 0.310. The molecule has 0 aromatic rings. The van der Waals surface area contributed by atoms with Crippen LogP contribution in [0.25, 0.3) is 0 Å². The fraction of sp³-hybridized carbons (Fsp3) is 1.00. The van der Waals surface area contributed by atoms with Crippen LogP contribution < -0.4 is 0 Å². The highest BCUT2D eigenvalue weighted by molar-refractivity contribution is 4.98.